The molecule has 140 valence electrons. The zero-order valence-corrected chi connectivity index (χ0v) is 16.2. The van der Waals surface area contributed by atoms with Gasteiger partial charge < -0.3 is 15.4 Å². The number of nitrogens with one attached hydrogen (secondary N) is 2. The van der Waals surface area contributed by atoms with Crippen LogP contribution in [0.3, 0.4) is 0 Å². The van der Waals surface area contributed by atoms with Crippen molar-refractivity contribution >= 4 is 17.3 Å². The first-order valence-corrected chi connectivity index (χ1v) is 9.73. The Balaban J connectivity index is 1.56. The molecule has 0 bridgehead atoms. The van der Waals surface area contributed by atoms with Crippen molar-refractivity contribution in [3.05, 3.63) is 45.7 Å². The lowest BCUT2D eigenvalue weighted by Crippen LogP contribution is -2.38. The molecule has 7 heteroatoms. The maximum absolute atomic E-state index is 14.3. The Bertz CT molecular complexity index is 773. The quantitative estimate of drug-likeness (QED) is 0.570. The van der Waals surface area contributed by atoms with E-state index in [0.717, 1.165) is 11.3 Å². The Labute approximate surface area is 157 Å². The Hall–Kier alpha value is -2.15. The number of guanidine groups is 1. The van der Waals surface area contributed by atoms with Crippen molar-refractivity contribution in [1.29, 1.82) is 0 Å². The second-order valence-corrected chi connectivity index (χ2v) is 7.54. The highest BCUT2D eigenvalue weighted by Gasteiger charge is 2.22. The van der Waals surface area contributed by atoms with Gasteiger partial charge in [-0.15, -0.1) is 11.3 Å². The summed E-state index contributed by atoms with van der Waals surface area (Å²) in [6.07, 6.45) is 2.38. The minimum absolute atomic E-state index is 0.0873. The molecule has 2 aromatic rings. The Morgan fingerprint density at radius 3 is 2.88 bits per heavy atom. The fourth-order valence-corrected chi connectivity index (χ4v) is 3.26. The van der Waals surface area contributed by atoms with Gasteiger partial charge in [-0.25, -0.2) is 9.37 Å². The van der Waals surface area contributed by atoms with Gasteiger partial charge in [-0.05, 0) is 50.3 Å². The molecular formula is C19H25FN4OS. The van der Waals surface area contributed by atoms with Crippen molar-refractivity contribution < 1.29 is 9.13 Å². The van der Waals surface area contributed by atoms with Gasteiger partial charge in [0.15, 0.2) is 17.5 Å². The number of aromatic nitrogens is 1. The average molecular weight is 377 g/mol. The van der Waals surface area contributed by atoms with Crippen LogP contribution in [-0.4, -0.2) is 24.6 Å². The largest absolute Gasteiger partial charge is 0.490 e. The molecule has 5 nitrogen and oxygen atoms in total. The standard InChI is InChI=1S/C19H25FN4OS/c1-12(24-19(21-3)22-9-18-13(2)23-11-26-18)15-6-7-17(16(20)8-15)25-10-14-4-5-14/h6-8,11-12,14H,4-5,9-10H2,1-3H3,(H2,21,22,24). The summed E-state index contributed by atoms with van der Waals surface area (Å²) < 4.78 is 19.8. The van der Waals surface area contributed by atoms with Crippen LogP contribution in [0.4, 0.5) is 4.39 Å². The van der Waals surface area contributed by atoms with Gasteiger partial charge in [0.2, 0.25) is 0 Å². The van der Waals surface area contributed by atoms with Crippen molar-refractivity contribution in [2.45, 2.75) is 39.3 Å². The van der Waals surface area contributed by atoms with E-state index < -0.39 is 0 Å². The van der Waals surface area contributed by atoms with E-state index in [1.165, 1.54) is 23.8 Å². The van der Waals surface area contributed by atoms with Gasteiger partial charge in [-0.2, -0.15) is 0 Å². The maximum atomic E-state index is 14.3. The molecule has 1 aromatic heterocycles. The molecule has 1 fully saturated rings. The van der Waals surface area contributed by atoms with Crippen LogP contribution in [0.2, 0.25) is 0 Å². The summed E-state index contributed by atoms with van der Waals surface area (Å²) in [4.78, 5) is 9.65. The molecule has 1 aliphatic rings. The van der Waals surface area contributed by atoms with E-state index in [1.54, 1.807) is 24.5 Å². The molecule has 0 amide bonds. The number of halogens is 1. The minimum atomic E-state index is -0.319. The summed E-state index contributed by atoms with van der Waals surface area (Å²) in [6.45, 7) is 5.23. The van der Waals surface area contributed by atoms with Gasteiger partial charge in [-0.1, -0.05) is 6.07 Å². The molecule has 1 unspecified atom stereocenters. The Morgan fingerprint density at radius 1 is 1.46 bits per heavy atom. The number of hydrogen-bond acceptors (Lipinski definition) is 4. The molecule has 1 saturated carbocycles. The zero-order valence-electron chi connectivity index (χ0n) is 15.4. The first kappa shape index (κ1) is 18.6. The first-order chi connectivity index (χ1) is 12.6. The number of aryl methyl sites for hydroxylation is 1. The van der Waals surface area contributed by atoms with Gasteiger partial charge in [0.25, 0.3) is 0 Å². The third-order valence-corrected chi connectivity index (χ3v) is 5.40. The number of thiazole rings is 1. The van der Waals surface area contributed by atoms with Gasteiger partial charge in [0.1, 0.15) is 0 Å². The SMILES string of the molecule is CN=C(NCc1scnc1C)NC(C)c1ccc(OCC2CC2)c(F)c1. The summed E-state index contributed by atoms with van der Waals surface area (Å²) >= 11 is 1.61. The third-order valence-electron chi connectivity index (χ3n) is 4.47. The smallest absolute Gasteiger partial charge is 0.191 e. The van der Waals surface area contributed by atoms with Crippen LogP contribution in [0.15, 0.2) is 28.7 Å². The fourth-order valence-electron chi connectivity index (χ4n) is 2.54. The van der Waals surface area contributed by atoms with Gasteiger partial charge >= 0.3 is 0 Å². The van der Waals surface area contributed by atoms with Crippen molar-refractivity contribution in [2.75, 3.05) is 13.7 Å². The summed E-state index contributed by atoms with van der Waals surface area (Å²) in [5.74, 6) is 1.28. The topological polar surface area (TPSA) is 58.5 Å². The molecule has 1 atom stereocenters. The van der Waals surface area contributed by atoms with Crippen LogP contribution in [0.5, 0.6) is 5.75 Å². The molecule has 0 radical (unpaired) electrons. The summed E-state index contributed by atoms with van der Waals surface area (Å²) in [5.41, 5.74) is 3.70. The van der Waals surface area contributed by atoms with E-state index in [9.17, 15) is 4.39 Å². The van der Waals surface area contributed by atoms with Crippen LogP contribution < -0.4 is 15.4 Å². The Morgan fingerprint density at radius 2 is 2.27 bits per heavy atom. The zero-order chi connectivity index (χ0) is 18.5. The number of benzene rings is 1. The first-order valence-electron chi connectivity index (χ1n) is 8.85. The monoisotopic (exact) mass is 376 g/mol. The molecule has 0 aliphatic heterocycles. The van der Waals surface area contributed by atoms with Crippen LogP contribution in [0, 0.1) is 18.7 Å². The van der Waals surface area contributed by atoms with Crippen LogP contribution in [-0.2, 0) is 6.54 Å². The average Bonchev–Trinajstić information content (AvgIpc) is 3.38. The molecule has 1 aliphatic carbocycles. The number of rotatable bonds is 7. The lowest BCUT2D eigenvalue weighted by Gasteiger charge is -2.19. The van der Waals surface area contributed by atoms with Crippen LogP contribution in [0.1, 0.15) is 41.9 Å². The van der Waals surface area contributed by atoms with Crippen molar-refractivity contribution in [3.63, 3.8) is 0 Å². The minimum Gasteiger partial charge on any atom is -0.490 e. The molecule has 1 heterocycles. The second-order valence-electron chi connectivity index (χ2n) is 6.60. The predicted molar refractivity (Wildman–Crippen MR) is 103 cm³/mol. The molecule has 2 N–H and O–H groups in total. The summed E-state index contributed by atoms with van der Waals surface area (Å²) in [5, 5.41) is 6.56. The molecule has 1 aromatic carbocycles. The van der Waals surface area contributed by atoms with Crippen molar-refractivity contribution in [1.82, 2.24) is 15.6 Å². The van der Waals surface area contributed by atoms with E-state index in [-0.39, 0.29) is 11.9 Å². The summed E-state index contributed by atoms with van der Waals surface area (Å²) in [7, 11) is 1.72. The molecular weight excluding hydrogens is 351 g/mol. The van der Waals surface area contributed by atoms with Crippen molar-refractivity contribution in [3.8, 4) is 5.75 Å². The van der Waals surface area contributed by atoms with E-state index in [1.807, 2.05) is 25.4 Å². The van der Waals surface area contributed by atoms with Gasteiger partial charge in [-0.3, -0.25) is 4.99 Å². The Kier molecular flexibility index (Phi) is 6.08. The number of ether oxygens (including phenoxy) is 1. The lowest BCUT2D eigenvalue weighted by molar-refractivity contribution is 0.285. The summed E-state index contributed by atoms with van der Waals surface area (Å²) in [6, 6.07) is 5.04. The van der Waals surface area contributed by atoms with E-state index in [4.69, 9.17) is 4.74 Å². The molecule has 26 heavy (non-hydrogen) atoms. The van der Waals surface area contributed by atoms with Crippen LogP contribution in [0.25, 0.3) is 0 Å². The van der Waals surface area contributed by atoms with Gasteiger partial charge in [0, 0.05) is 11.9 Å². The highest BCUT2D eigenvalue weighted by atomic mass is 32.1. The fraction of sp³-hybridized carbons (Fsp3) is 0.474. The highest BCUT2D eigenvalue weighted by molar-refractivity contribution is 7.09. The van der Waals surface area contributed by atoms with E-state index in [0.29, 0.717) is 30.8 Å². The van der Waals surface area contributed by atoms with Crippen LogP contribution >= 0.6 is 11.3 Å². The van der Waals surface area contributed by atoms with E-state index >= 15 is 0 Å². The second kappa shape index (κ2) is 8.49. The van der Waals surface area contributed by atoms with Crippen molar-refractivity contribution in [2.24, 2.45) is 10.9 Å². The number of nitrogens with zero attached hydrogens (tertiary/aromatic N) is 2. The molecule has 0 saturated heterocycles. The lowest BCUT2D eigenvalue weighted by atomic mass is 10.1. The third kappa shape index (κ3) is 4.94. The molecule has 3 rings (SSSR count). The number of hydrogen-bond donors (Lipinski definition) is 2. The predicted octanol–water partition coefficient (Wildman–Crippen LogP) is 3.81. The van der Waals surface area contributed by atoms with E-state index in [2.05, 4.69) is 20.6 Å². The van der Waals surface area contributed by atoms with Gasteiger partial charge in [0.05, 0.1) is 30.4 Å². The molecule has 0 spiro atoms. The highest BCUT2D eigenvalue weighted by Crippen LogP contribution is 2.30. The number of aliphatic imine (C=N–C) groups is 1. The maximum Gasteiger partial charge on any atom is 0.191 e. The normalized spacial score (nSPS) is 15.6.